The van der Waals surface area contributed by atoms with Crippen LogP contribution in [-0.2, 0) is 16.1 Å². The fraction of sp³-hybridized carbons (Fsp3) is 0.588. The predicted octanol–water partition coefficient (Wildman–Crippen LogP) is 1.90. The van der Waals surface area contributed by atoms with Crippen LogP contribution in [-0.4, -0.2) is 54.2 Å². The monoisotopic (exact) mass is 320 g/mol. The Labute approximate surface area is 136 Å². The summed E-state index contributed by atoms with van der Waals surface area (Å²) in [6.45, 7) is 3.08. The molecule has 0 radical (unpaired) electrons. The molecule has 0 saturated carbocycles. The highest BCUT2D eigenvalue weighted by molar-refractivity contribution is 7.99. The van der Waals surface area contributed by atoms with Gasteiger partial charge in [0.15, 0.2) is 0 Å². The van der Waals surface area contributed by atoms with Crippen molar-refractivity contribution in [3.63, 3.8) is 0 Å². The van der Waals surface area contributed by atoms with E-state index in [0.717, 1.165) is 37.4 Å². The molecule has 5 heteroatoms. The van der Waals surface area contributed by atoms with E-state index < -0.39 is 0 Å². The van der Waals surface area contributed by atoms with Crippen LogP contribution in [0, 0.1) is 0 Å². The van der Waals surface area contributed by atoms with Crippen LogP contribution in [0.1, 0.15) is 18.4 Å². The smallest absolute Gasteiger partial charge is 0.250 e. The Bertz CT molecular complexity index is 477. The van der Waals surface area contributed by atoms with Crippen LogP contribution < -0.4 is 5.32 Å². The molecular formula is C17H24N2O2S. The summed E-state index contributed by atoms with van der Waals surface area (Å²) in [5, 5.41) is 3.17. The molecule has 0 spiro atoms. The van der Waals surface area contributed by atoms with Gasteiger partial charge < -0.3 is 10.1 Å². The molecule has 2 aliphatic rings. The molecule has 120 valence electrons. The first-order valence-electron chi connectivity index (χ1n) is 8.07. The van der Waals surface area contributed by atoms with Crippen LogP contribution in [0.3, 0.4) is 0 Å². The lowest BCUT2D eigenvalue weighted by Crippen LogP contribution is -2.51. The number of nitrogens with zero attached hydrogens (tertiary/aromatic N) is 1. The average molecular weight is 320 g/mol. The van der Waals surface area contributed by atoms with Crippen molar-refractivity contribution < 1.29 is 9.53 Å². The van der Waals surface area contributed by atoms with E-state index in [-0.39, 0.29) is 12.0 Å². The summed E-state index contributed by atoms with van der Waals surface area (Å²) in [7, 11) is 0. The number of rotatable bonds is 4. The number of benzene rings is 1. The van der Waals surface area contributed by atoms with Crippen molar-refractivity contribution in [2.45, 2.75) is 31.5 Å². The molecule has 1 amide bonds. The number of amides is 1. The summed E-state index contributed by atoms with van der Waals surface area (Å²) >= 11 is 1.97. The molecule has 1 atom stereocenters. The number of carbonyl (C=O) groups is 1. The third-order valence-electron chi connectivity index (χ3n) is 4.26. The maximum atomic E-state index is 12.4. The molecule has 1 unspecified atom stereocenters. The Morgan fingerprint density at radius 1 is 1.27 bits per heavy atom. The molecule has 0 aromatic heterocycles. The molecule has 2 saturated heterocycles. The van der Waals surface area contributed by atoms with Crippen molar-refractivity contribution in [3.05, 3.63) is 35.9 Å². The fourth-order valence-corrected chi connectivity index (χ4v) is 4.09. The van der Waals surface area contributed by atoms with Crippen molar-refractivity contribution in [2.24, 2.45) is 0 Å². The SMILES string of the molecule is O=C(NC1CCSCC1)C1CN(Cc2ccccc2)CCO1. The van der Waals surface area contributed by atoms with Gasteiger partial charge in [-0.1, -0.05) is 30.3 Å². The van der Waals surface area contributed by atoms with Crippen LogP contribution in [0.2, 0.25) is 0 Å². The zero-order valence-corrected chi connectivity index (χ0v) is 13.7. The minimum atomic E-state index is -0.327. The van der Waals surface area contributed by atoms with Gasteiger partial charge in [-0.3, -0.25) is 9.69 Å². The van der Waals surface area contributed by atoms with Gasteiger partial charge in [-0.05, 0) is 29.9 Å². The molecule has 0 bridgehead atoms. The van der Waals surface area contributed by atoms with Crippen LogP contribution in [0.25, 0.3) is 0 Å². The summed E-state index contributed by atoms with van der Waals surface area (Å²) in [6, 6.07) is 10.7. The van der Waals surface area contributed by atoms with E-state index in [9.17, 15) is 4.79 Å². The lowest BCUT2D eigenvalue weighted by Gasteiger charge is -2.33. The Morgan fingerprint density at radius 3 is 2.82 bits per heavy atom. The van der Waals surface area contributed by atoms with E-state index in [1.54, 1.807) is 0 Å². The first kappa shape index (κ1) is 15.8. The largest absolute Gasteiger partial charge is 0.366 e. The molecular weight excluding hydrogens is 296 g/mol. The van der Waals surface area contributed by atoms with Gasteiger partial charge >= 0.3 is 0 Å². The molecule has 2 heterocycles. The zero-order valence-electron chi connectivity index (χ0n) is 12.9. The molecule has 1 aromatic rings. The average Bonchev–Trinajstić information content (AvgIpc) is 2.57. The van der Waals surface area contributed by atoms with Gasteiger partial charge in [0.1, 0.15) is 6.10 Å². The number of hydrogen-bond donors (Lipinski definition) is 1. The molecule has 0 aliphatic carbocycles. The van der Waals surface area contributed by atoms with E-state index in [4.69, 9.17) is 4.74 Å². The number of hydrogen-bond acceptors (Lipinski definition) is 4. The number of morpholine rings is 1. The Kier molecular flexibility index (Phi) is 5.76. The minimum absolute atomic E-state index is 0.0645. The summed E-state index contributed by atoms with van der Waals surface area (Å²) in [4.78, 5) is 14.7. The highest BCUT2D eigenvalue weighted by Gasteiger charge is 2.28. The van der Waals surface area contributed by atoms with Gasteiger partial charge in [0, 0.05) is 25.7 Å². The number of nitrogens with one attached hydrogen (secondary N) is 1. The molecule has 3 rings (SSSR count). The number of ether oxygens (including phenoxy) is 1. The van der Waals surface area contributed by atoms with Crippen molar-refractivity contribution in [1.29, 1.82) is 0 Å². The van der Waals surface area contributed by atoms with Crippen molar-refractivity contribution in [1.82, 2.24) is 10.2 Å². The van der Waals surface area contributed by atoms with E-state index >= 15 is 0 Å². The minimum Gasteiger partial charge on any atom is -0.366 e. The van der Waals surface area contributed by atoms with Gasteiger partial charge in [0.05, 0.1) is 6.61 Å². The summed E-state index contributed by atoms with van der Waals surface area (Å²) < 4.78 is 5.69. The molecule has 2 fully saturated rings. The summed E-state index contributed by atoms with van der Waals surface area (Å²) in [5.74, 6) is 2.36. The van der Waals surface area contributed by atoms with Gasteiger partial charge in [-0.2, -0.15) is 11.8 Å². The van der Waals surface area contributed by atoms with Crippen molar-refractivity contribution in [3.8, 4) is 0 Å². The van der Waals surface area contributed by atoms with Crippen molar-refractivity contribution in [2.75, 3.05) is 31.2 Å². The summed E-state index contributed by atoms with van der Waals surface area (Å²) in [6.07, 6.45) is 1.83. The lowest BCUT2D eigenvalue weighted by molar-refractivity contribution is -0.139. The van der Waals surface area contributed by atoms with Gasteiger partial charge in [-0.25, -0.2) is 0 Å². The molecule has 1 aromatic carbocycles. The standard InChI is InChI=1S/C17H24N2O2S/c20-17(18-15-6-10-22-11-7-15)16-13-19(8-9-21-16)12-14-4-2-1-3-5-14/h1-5,15-16H,6-13H2,(H,18,20). The topological polar surface area (TPSA) is 41.6 Å². The Hall–Kier alpha value is -1.04. The zero-order chi connectivity index (χ0) is 15.2. The second kappa shape index (κ2) is 7.99. The van der Waals surface area contributed by atoms with E-state index in [2.05, 4.69) is 34.5 Å². The van der Waals surface area contributed by atoms with Crippen molar-refractivity contribution >= 4 is 17.7 Å². The highest BCUT2D eigenvalue weighted by atomic mass is 32.2. The van der Waals surface area contributed by atoms with Gasteiger partial charge in [0.25, 0.3) is 5.91 Å². The second-order valence-electron chi connectivity index (χ2n) is 5.98. The van der Waals surface area contributed by atoms with Crippen LogP contribution in [0.5, 0.6) is 0 Å². The van der Waals surface area contributed by atoms with E-state index in [0.29, 0.717) is 19.2 Å². The molecule has 1 N–H and O–H groups in total. The molecule has 4 nitrogen and oxygen atoms in total. The Morgan fingerprint density at radius 2 is 2.05 bits per heavy atom. The number of carbonyl (C=O) groups excluding carboxylic acids is 1. The van der Waals surface area contributed by atoms with E-state index in [1.165, 1.54) is 5.56 Å². The first-order chi connectivity index (χ1) is 10.8. The first-order valence-corrected chi connectivity index (χ1v) is 9.23. The Balaban J connectivity index is 1.50. The second-order valence-corrected chi connectivity index (χ2v) is 7.20. The summed E-state index contributed by atoms with van der Waals surface area (Å²) in [5.41, 5.74) is 1.29. The maximum absolute atomic E-state index is 12.4. The van der Waals surface area contributed by atoms with Crippen LogP contribution >= 0.6 is 11.8 Å². The van der Waals surface area contributed by atoms with Crippen LogP contribution in [0.4, 0.5) is 0 Å². The van der Waals surface area contributed by atoms with Gasteiger partial charge in [-0.15, -0.1) is 0 Å². The van der Waals surface area contributed by atoms with Crippen LogP contribution in [0.15, 0.2) is 30.3 Å². The van der Waals surface area contributed by atoms with Gasteiger partial charge in [0.2, 0.25) is 0 Å². The third-order valence-corrected chi connectivity index (χ3v) is 5.31. The fourth-order valence-electron chi connectivity index (χ4n) is 2.98. The van der Waals surface area contributed by atoms with E-state index in [1.807, 2.05) is 17.8 Å². The highest BCUT2D eigenvalue weighted by Crippen LogP contribution is 2.17. The molecule has 22 heavy (non-hydrogen) atoms. The molecule has 2 aliphatic heterocycles. The lowest BCUT2D eigenvalue weighted by atomic mass is 10.1. The number of thioether (sulfide) groups is 1. The quantitative estimate of drug-likeness (QED) is 0.920. The normalized spacial score (nSPS) is 24.1. The predicted molar refractivity (Wildman–Crippen MR) is 89.9 cm³/mol. The third kappa shape index (κ3) is 4.48. The maximum Gasteiger partial charge on any atom is 0.250 e.